The van der Waals surface area contributed by atoms with Crippen LogP contribution >= 0.6 is 0 Å². The zero-order valence-electron chi connectivity index (χ0n) is 12.5. The van der Waals surface area contributed by atoms with Gasteiger partial charge >= 0.3 is 0 Å². The third-order valence-electron chi connectivity index (χ3n) is 4.26. The number of nitrogens with zero attached hydrogens (tertiary/aromatic N) is 2. The fraction of sp³-hybridized carbons (Fsp3) is 0.800. The van der Waals surface area contributed by atoms with Gasteiger partial charge in [0.1, 0.15) is 0 Å². The van der Waals surface area contributed by atoms with Crippen LogP contribution in [0, 0.1) is 0 Å². The molecule has 1 aliphatic rings. The van der Waals surface area contributed by atoms with Gasteiger partial charge in [-0.3, -0.25) is 4.68 Å². The molecule has 19 heavy (non-hydrogen) atoms. The van der Waals surface area contributed by atoms with Crippen LogP contribution in [-0.2, 0) is 11.3 Å². The molecule has 4 nitrogen and oxygen atoms in total. The summed E-state index contributed by atoms with van der Waals surface area (Å²) in [6.45, 7) is 5.90. The van der Waals surface area contributed by atoms with Gasteiger partial charge < -0.3 is 10.1 Å². The molecule has 2 rings (SSSR count). The summed E-state index contributed by atoms with van der Waals surface area (Å²) in [6, 6.07) is 0.244. The average Bonchev–Trinajstić information content (AvgIpc) is 2.89. The lowest BCUT2D eigenvalue weighted by atomic mass is 9.77. The lowest BCUT2D eigenvalue weighted by Crippen LogP contribution is -2.46. The Morgan fingerprint density at radius 3 is 2.63 bits per heavy atom. The van der Waals surface area contributed by atoms with Crippen molar-refractivity contribution >= 4 is 0 Å². The van der Waals surface area contributed by atoms with E-state index in [1.165, 1.54) is 24.8 Å². The molecule has 1 saturated carbocycles. The summed E-state index contributed by atoms with van der Waals surface area (Å²) < 4.78 is 8.21. The van der Waals surface area contributed by atoms with Crippen molar-refractivity contribution in [2.24, 2.45) is 0 Å². The highest BCUT2D eigenvalue weighted by atomic mass is 16.5. The Morgan fingerprint density at radius 1 is 1.37 bits per heavy atom. The Kier molecular flexibility index (Phi) is 4.99. The SMILES string of the molecule is CCOC1(C(NC)c2cnn(CC)c2)CCCCC1. The number of rotatable bonds is 6. The van der Waals surface area contributed by atoms with Gasteiger partial charge in [0.25, 0.3) is 0 Å². The number of aromatic nitrogens is 2. The summed E-state index contributed by atoms with van der Waals surface area (Å²) in [6.07, 6.45) is 10.3. The van der Waals surface area contributed by atoms with Gasteiger partial charge in [0.2, 0.25) is 0 Å². The Hall–Kier alpha value is -0.870. The van der Waals surface area contributed by atoms with Crippen LogP contribution in [0.4, 0.5) is 0 Å². The maximum atomic E-state index is 6.22. The van der Waals surface area contributed by atoms with E-state index in [1.54, 1.807) is 0 Å². The summed E-state index contributed by atoms with van der Waals surface area (Å²) in [4.78, 5) is 0. The summed E-state index contributed by atoms with van der Waals surface area (Å²) in [5, 5.41) is 7.88. The zero-order chi connectivity index (χ0) is 13.7. The molecular formula is C15H27N3O. The molecule has 4 heteroatoms. The Labute approximate surface area is 116 Å². The Bertz CT molecular complexity index is 377. The maximum Gasteiger partial charge on any atom is 0.0877 e. The Morgan fingerprint density at radius 2 is 2.11 bits per heavy atom. The summed E-state index contributed by atoms with van der Waals surface area (Å²) in [5.74, 6) is 0. The van der Waals surface area contributed by atoms with Crippen LogP contribution in [0.1, 0.15) is 57.6 Å². The average molecular weight is 265 g/mol. The fourth-order valence-corrected chi connectivity index (χ4v) is 3.39. The van der Waals surface area contributed by atoms with E-state index in [-0.39, 0.29) is 11.6 Å². The van der Waals surface area contributed by atoms with Crippen LogP contribution in [-0.4, -0.2) is 29.0 Å². The van der Waals surface area contributed by atoms with Crippen molar-refractivity contribution < 1.29 is 4.74 Å². The normalized spacial score (nSPS) is 20.4. The van der Waals surface area contributed by atoms with Crippen LogP contribution in [0.25, 0.3) is 0 Å². The van der Waals surface area contributed by atoms with Gasteiger partial charge in [0.15, 0.2) is 0 Å². The minimum atomic E-state index is -0.0522. The maximum absolute atomic E-state index is 6.22. The van der Waals surface area contributed by atoms with E-state index in [1.807, 2.05) is 17.9 Å². The molecular weight excluding hydrogens is 238 g/mol. The van der Waals surface area contributed by atoms with Gasteiger partial charge in [-0.2, -0.15) is 5.10 Å². The quantitative estimate of drug-likeness (QED) is 0.859. The monoisotopic (exact) mass is 265 g/mol. The second-order valence-electron chi connectivity index (χ2n) is 5.41. The standard InChI is InChI=1S/C15H27N3O/c1-4-18-12-13(11-17-18)14(16-3)15(19-5-2)9-7-6-8-10-15/h11-12,14,16H,4-10H2,1-3H3. The smallest absolute Gasteiger partial charge is 0.0877 e. The van der Waals surface area contributed by atoms with E-state index >= 15 is 0 Å². The first-order valence-corrected chi connectivity index (χ1v) is 7.59. The molecule has 0 bridgehead atoms. The van der Waals surface area contributed by atoms with E-state index in [4.69, 9.17) is 4.74 Å². The van der Waals surface area contributed by atoms with Gasteiger partial charge in [0.05, 0.1) is 17.8 Å². The summed E-state index contributed by atoms with van der Waals surface area (Å²) in [7, 11) is 2.03. The molecule has 1 aromatic heterocycles. The molecule has 1 atom stereocenters. The highest BCUT2D eigenvalue weighted by Gasteiger charge is 2.41. The minimum Gasteiger partial charge on any atom is -0.373 e. The van der Waals surface area contributed by atoms with E-state index in [0.29, 0.717) is 0 Å². The molecule has 0 aromatic carbocycles. The number of hydrogen-bond donors (Lipinski definition) is 1. The van der Waals surface area contributed by atoms with Gasteiger partial charge in [-0.25, -0.2) is 0 Å². The number of aryl methyl sites for hydroxylation is 1. The van der Waals surface area contributed by atoms with Crippen LogP contribution in [0.5, 0.6) is 0 Å². The fourth-order valence-electron chi connectivity index (χ4n) is 3.39. The molecule has 108 valence electrons. The molecule has 1 fully saturated rings. The number of likely N-dealkylation sites (N-methyl/N-ethyl adjacent to an activating group) is 1. The lowest BCUT2D eigenvalue weighted by molar-refractivity contribution is -0.0898. The molecule has 0 amide bonds. The first kappa shape index (κ1) is 14.5. The first-order valence-electron chi connectivity index (χ1n) is 7.59. The number of hydrogen-bond acceptors (Lipinski definition) is 3. The van der Waals surface area contributed by atoms with Crippen molar-refractivity contribution in [1.29, 1.82) is 0 Å². The third kappa shape index (κ3) is 3.00. The molecule has 1 aromatic rings. The van der Waals surface area contributed by atoms with E-state index in [2.05, 4.69) is 30.5 Å². The van der Waals surface area contributed by atoms with Gasteiger partial charge in [-0.1, -0.05) is 19.3 Å². The van der Waals surface area contributed by atoms with Crippen molar-refractivity contribution in [3.8, 4) is 0 Å². The van der Waals surface area contributed by atoms with Crippen molar-refractivity contribution in [3.63, 3.8) is 0 Å². The molecule has 1 aliphatic carbocycles. The van der Waals surface area contributed by atoms with E-state index < -0.39 is 0 Å². The first-order chi connectivity index (χ1) is 9.25. The van der Waals surface area contributed by atoms with Crippen LogP contribution in [0.3, 0.4) is 0 Å². The van der Waals surface area contributed by atoms with Crippen molar-refractivity contribution in [2.45, 2.75) is 64.1 Å². The second kappa shape index (κ2) is 6.53. The zero-order valence-corrected chi connectivity index (χ0v) is 12.5. The van der Waals surface area contributed by atoms with Crippen LogP contribution in [0.15, 0.2) is 12.4 Å². The second-order valence-corrected chi connectivity index (χ2v) is 5.41. The third-order valence-corrected chi connectivity index (χ3v) is 4.26. The predicted octanol–water partition coefficient (Wildman–Crippen LogP) is 2.90. The van der Waals surface area contributed by atoms with E-state index in [0.717, 1.165) is 26.0 Å². The molecule has 1 N–H and O–H groups in total. The molecule has 0 spiro atoms. The lowest BCUT2D eigenvalue weighted by Gasteiger charge is -2.43. The molecule has 1 heterocycles. The number of ether oxygens (including phenoxy) is 1. The molecule has 0 saturated heterocycles. The van der Waals surface area contributed by atoms with Crippen LogP contribution in [0.2, 0.25) is 0 Å². The summed E-state index contributed by atoms with van der Waals surface area (Å²) >= 11 is 0. The van der Waals surface area contributed by atoms with Gasteiger partial charge in [-0.15, -0.1) is 0 Å². The van der Waals surface area contributed by atoms with Gasteiger partial charge in [-0.05, 0) is 33.7 Å². The van der Waals surface area contributed by atoms with Gasteiger partial charge in [0, 0.05) is 24.9 Å². The minimum absolute atomic E-state index is 0.0522. The summed E-state index contributed by atoms with van der Waals surface area (Å²) in [5.41, 5.74) is 1.20. The molecule has 0 radical (unpaired) electrons. The predicted molar refractivity (Wildman–Crippen MR) is 77.1 cm³/mol. The number of nitrogens with one attached hydrogen (secondary N) is 1. The van der Waals surface area contributed by atoms with Crippen molar-refractivity contribution in [3.05, 3.63) is 18.0 Å². The topological polar surface area (TPSA) is 39.1 Å². The Balaban J connectivity index is 2.25. The van der Waals surface area contributed by atoms with Crippen LogP contribution < -0.4 is 5.32 Å². The highest BCUT2D eigenvalue weighted by Crippen LogP contribution is 2.41. The largest absolute Gasteiger partial charge is 0.373 e. The van der Waals surface area contributed by atoms with Crippen molar-refractivity contribution in [1.82, 2.24) is 15.1 Å². The molecule has 1 unspecified atom stereocenters. The molecule has 0 aliphatic heterocycles. The van der Waals surface area contributed by atoms with Crippen molar-refractivity contribution in [2.75, 3.05) is 13.7 Å². The van der Waals surface area contributed by atoms with E-state index in [9.17, 15) is 0 Å². The highest BCUT2D eigenvalue weighted by molar-refractivity contribution is 5.17.